The lowest BCUT2D eigenvalue weighted by Crippen LogP contribution is -2.61. The Kier molecular flexibility index (Phi) is 5.28. The summed E-state index contributed by atoms with van der Waals surface area (Å²) in [6, 6.07) is 0. The predicted molar refractivity (Wildman–Crippen MR) is 118 cm³/mol. The van der Waals surface area contributed by atoms with Gasteiger partial charge in [0, 0.05) is 20.8 Å². The van der Waals surface area contributed by atoms with E-state index in [1.165, 1.54) is 18.8 Å². The van der Waals surface area contributed by atoms with E-state index in [0.29, 0.717) is 5.57 Å². The van der Waals surface area contributed by atoms with Crippen LogP contribution in [0.3, 0.4) is 0 Å². The quantitative estimate of drug-likeness (QED) is 0.316. The Morgan fingerprint density at radius 3 is 2.67 bits per heavy atom. The number of carbonyl (C=O) groups is 3. The van der Waals surface area contributed by atoms with Crippen LogP contribution >= 0.6 is 22.6 Å². The minimum Gasteiger partial charge on any atom is -0.469 e. The van der Waals surface area contributed by atoms with Gasteiger partial charge >= 0.3 is 11.9 Å². The second-order valence-electron chi connectivity index (χ2n) is 9.23. The van der Waals surface area contributed by atoms with E-state index in [0.717, 1.165) is 16.4 Å². The summed E-state index contributed by atoms with van der Waals surface area (Å²) in [5.41, 5.74) is -0.0286. The average Bonchev–Trinajstić information content (AvgIpc) is 3.16. The fraction of sp³-hybridized carbons (Fsp3) is 0.609. The summed E-state index contributed by atoms with van der Waals surface area (Å²) in [6.07, 6.45) is 3.65. The SMILES string of the molecule is C=C1[C@H](O[C@H]2CCC(C)=C2I)[C@@H]2OC(=O)[C@]3(C)C=CC(=O)[C@@](C)([C@@H]23)[C@H]1CC(=O)OC. The molecule has 4 rings (SSSR count). The summed E-state index contributed by atoms with van der Waals surface area (Å²) in [7, 11) is 1.33. The first-order valence-corrected chi connectivity index (χ1v) is 11.3. The van der Waals surface area contributed by atoms with Crippen LogP contribution in [0.2, 0.25) is 0 Å². The zero-order valence-electron chi connectivity index (χ0n) is 17.7. The Balaban J connectivity index is 1.80. The van der Waals surface area contributed by atoms with Gasteiger partial charge in [-0.1, -0.05) is 25.2 Å². The first-order chi connectivity index (χ1) is 14.1. The normalized spacial score (nSPS) is 42.4. The first-order valence-electron chi connectivity index (χ1n) is 10.3. The average molecular weight is 526 g/mol. The maximum Gasteiger partial charge on any atom is 0.316 e. The second-order valence-corrected chi connectivity index (χ2v) is 10.4. The number of hydrogen-bond acceptors (Lipinski definition) is 6. The van der Waals surface area contributed by atoms with Gasteiger partial charge in [-0.15, -0.1) is 0 Å². The van der Waals surface area contributed by atoms with Crippen LogP contribution < -0.4 is 0 Å². The van der Waals surface area contributed by atoms with E-state index in [1.54, 1.807) is 6.08 Å². The van der Waals surface area contributed by atoms with Crippen molar-refractivity contribution in [2.24, 2.45) is 22.7 Å². The van der Waals surface area contributed by atoms with Gasteiger partial charge in [0.25, 0.3) is 0 Å². The summed E-state index contributed by atoms with van der Waals surface area (Å²) in [6.45, 7) is 10.00. The molecule has 6 nitrogen and oxygen atoms in total. The minimum atomic E-state index is -1.000. The number of carbonyl (C=O) groups excluding carboxylic acids is 3. The zero-order chi connectivity index (χ0) is 22.0. The third kappa shape index (κ3) is 2.87. The Morgan fingerprint density at radius 2 is 2.07 bits per heavy atom. The van der Waals surface area contributed by atoms with E-state index < -0.39 is 40.8 Å². The third-order valence-corrected chi connectivity index (χ3v) is 9.25. The van der Waals surface area contributed by atoms with Crippen molar-refractivity contribution in [3.63, 3.8) is 0 Å². The van der Waals surface area contributed by atoms with Gasteiger partial charge in [-0.05, 0) is 60.9 Å². The number of esters is 2. The topological polar surface area (TPSA) is 78.9 Å². The standard InChI is InChI=1S/C23H27IO6/c1-11-6-7-14(17(11)24)29-18-12(2)13(10-16(26)28-5)23(4)15(25)8-9-22(3)20(23)19(18)30-21(22)27/h8-9,13-14,18-20H,2,6-7,10H2,1,3-5H3/t13-,14-,18-,19-,20-,22+,23-/m0/s1. The van der Waals surface area contributed by atoms with Crippen LogP contribution in [-0.4, -0.2) is 43.1 Å². The lowest BCUT2D eigenvalue weighted by Gasteiger charge is -2.54. The van der Waals surface area contributed by atoms with E-state index in [2.05, 4.69) is 36.1 Å². The van der Waals surface area contributed by atoms with Crippen LogP contribution in [0.1, 0.15) is 40.0 Å². The molecule has 7 atom stereocenters. The van der Waals surface area contributed by atoms with Crippen LogP contribution in [0.4, 0.5) is 0 Å². The highest BCUT2D eigenvalue weighted by Crippen LogP contribution is 2.63. The highest BCUT2D eigenvalue weighted by molar-refractivity contribution is 14.1. The highest BCUT2D eigenvalue weighted by atomic mass is 127. The molecule has 1 aliphatic heterocycles. The molecule has 4 aliphatic rings. The molecule has 1 heterocycles. The van der Waals surface area contributed by atoms with E-state index in [1.807, 2.05) is 13.8 Å². The molecule has 0 aromatic carbocycles. The lowest BCUT2D eigenvalue weighted by atomic mass is 9.47. The van der Waals surface area contributed by atoms with Crippen LogP contribution in [0.5, 0.6) is 0 Å². The third-order valence-electron chi connectivity index (χ3n) is 7.63. The Bertz CT molecular complexity index is 903. The van der Waals surface area contributed by atoms with E-state index >= 15 is 0 Å². The molecule has 1 saturated carbocycles. The molecule has 2 fully saturated rings. The predicted octanol–water partition coefficient (Wildman–Crippen LogP) is 3.69. The van der Waals surface area contributed by atoms with Gasteiger partial charge in [0.15, 0.2) is 5.78 Å². The number of rotatable bonds is 4. The van der Waals surface area contributed by atoms with Gasteiger partial charge < -0.3 is 14.2 Å². The smallest absolute Gasteiger partial charge is 0.316 e. The minimum absolute atomic E-state index is 0.00932. The van der Waals surface area contributed by atoms with Gasteiger partial charge in [0.05, 0.1) is 25.0 Å². The number of ketones is 1. The second kappa shape index (κ2) is 7.29. The molecule has 30 heavy (non-hydrogen) atoms. The van der Waals surface area contributed by atoms with Crippen molar-refractivity contribution in [3.05, 3.63) is 33.5 Å². The number of ether oxygens (including phenoxy) is 3. The summed E-state index contributed by atoms with van der Waals surface area (Å²) in [5, 5.41) is 0. The van der Waals surface area contributed by atoms with E-state index in [4.69, 9.17) is 14.2 Å². The fourth-order valence-corrected chi connectivity index (χ4v) is 6.58. The van der Waals surface area contributed by atoms with Gasteiger partial charge in [0.2, 0.25) is 0 Å². The van der Waals surface area contributed by atoms with Crippen molar-refractivity contribution in [2.75, 3.05) is 7.11 Å². The number of hydrogen-bond donors (Lipinski definition) is 0. The van der Waals surface area contributed by atoms with Crippen LogP contribution in [-0.2, 0) is 28.6 Å². The molecule has 0 radical (unpaired) electrons. The van der Waals surface area contributed by atoms with Crippen LogP contribution in [0.25, 0.3) is 0 Å². The van der Waals surface area contributed by atoms with Crippen molar-refractivity contribution in [3.8, 4) is 0 Å². The molecule has 0 aromatic rings. The molecule has 0 N–H and O–H groups in total. The van der Waals surface area contributed by atoms with Crippen LogP contribution in [0.15, 0.2) is 33.5 Å². The van der Waals surface area contributed by atoms with Crippen molar-refractivity contribution in [1.82, 2.24) is 0 Å². The molecule has 7 heteroatoms. The molecule has 0 spiro atoms. The molecular formula is C23H27IO6. The maximum atomic E-state index is 13.2. The van der Waals surface area contributed by atoms with Gasteiger partial charge in [-0.2, -0.15) is 0 Å². The van der Waals surface area contributed by atoms with Gasteiger partial charge in [-0.25, -0.2) is 0 Å². The fourth-order valence-electron chi connectivity index (χ4n) is 5.85. The van der Waals surface area contributed by atoms with Crippen LogP contribution in [0, 0.1) is 22.7 Å². The van der Waals surface area contributed by atoms with Crippen molar-refractivity contribution < 1.29 is 28.6 Å². The number of allylic oxidation sites excluding steroid dienone is 2. The molecule has 0 amide bonds. The molecule has 0 bridgehead atoms. The monoisotopic (exact) mass is 526 g/mol. The van der Waals surface area contributed by atoms with Gasteiger partial charge in [0.1, 0.15) is 12.2 Å². The van der Waals surface area contributed by atoms with Gasteiger partial charge in [-0.3, -0.25) is 14.4 Å². The summed E-state index contributed by atoms with van der Waals surface area (Å²) in [4.78, 5) is 38.4. The van der Waals surface area contributed by atoms with Crippen molar-refractivity contribution in [1.29, 1.82) is 0 Å². The molecule has 1 saturated heterocycles. The van der Waals surface area contributed by atoms with E-state index in [-0.39, 0.29) is 24.3 Å². The highest BCUT2D eigenvalue weighted by Gasteiger charge is 2.71. The zero-order valence-corrected chi connectivity index (χ0v) is 19.9. The summed E-state index contributed by atoms with van der Waals surface area (Å²) in [5.74, 6) is -1.84. The van der Waals surface area contributed by atoms with Crippen molar-refractivity contribution in [2.45, 2.75) is 58.3 Å². The largest absolute Gasteiger partial charge is 0.469 e. The molecule has 0 aromatic heterocycles. The molecule has 3 aliphatic carbocycles. The summed E-state index contributed by atoms with van der Waals surface area (Å²) < 4.78 is 18.5. The molecule has 0 unspecified atom stereocenters. The van der Waals surface area contributed by atoms with Crippen molar-refractivity contribution >= 4 is 40.3 Å². The Morgan fingerprint density at radius 1 is 1.37 bits per heavy atom. The number of methoxy groups -OCH3 is 1. The maximum absolute atomic E-state index is 13.2. The first kappa shape index (κ1) is 21.7. The Hall–Kier alpha value is -1.48. The summed E-state index contributed by atoms with van der Waals surface area (Å²) >= 11 is 2.31. The number of halogens is 1. The molecule has 162 valence electrons. The lowest BCUT2D eigenvalue weighted by molar-refractivity contribution is -0.161. The van der Waals surface area contributed by atoms with E-state index in [9.17, 15) is 14.4 Å². The molecular weight excluding hydrogens is 499 g/mol. The Labute approximate surface area is 190 Å².